The highest BCUT2D eigenvalue weighted by molar-refractivity contribution is 7.90. The van der Waals surface area contributed by atoms with E-state index in [0.717, 1.165) is 71.8 Å². The topological polar surface area (TPSA) is 139 Å². The highest BCUT2D eigenvalue weighted by atomic mass is 35.5. The van der Waals surface area contributed by atoms with Crippen LogP contribution in [0.15, 0.2) is 48.9 Å². The summed E-state index contributed by atoms with van der Waals surface area (Å²) >= 11 is 6.44. The lowest BCUT2D eigenvalue weighted by molar-refractivity contribution is 0.386. The highest BCUT2D eigenvalue weighted by Crippen LogP contribution is 2.34. The molecule has 0 atom stereocenters. The number of halogens is 1. The summed E-state index contributed by atoms with van der Waals surface area (Å²) in [6, 6.07) is 9.82. The Morgan fingerprint density at radius 2 is 1.68 bits per heavy atom. The minimum absolute atomic E-state index is 0.00991. The van der Waals surface area contributed by atoms with E-state index < -0.39 is 10.0 Å². The fourth-order valence-corrected chi connectivity index (χ4v) is 6.83. The number of aromatic nitrogens is 4. The van der Waals surface area contributed by atoms with Crippen molar-refractivity contribution in [2.45, 2.75) is 55.9 Å². The number of nitrogens with two attached hydrogens (primary N) is 1. The third-order valence-electron chi connectivity index (χ3n) is 7.13. The Bertz CT molecular complexity index is 1540. The molecule has 0 spiro atoms. The number of nitrogens with one attached hydrogen (secondary N) is 3. The minimum atomic E-state index is -3.16. The van der Waals surface area contributed by atoms with Crippen LogP contribution in [0.1, 0.15) is 38.5 Å². The third kappa shape index (κ3) is 5.27. The first-order chi connectivity index (χ1) is 17.8. The van der Waals surface area contributed by atoms with Crippen molar-refractivity contribution in [3.63, 3.8) is 0 Å². The second-order valence-electron chi connectivity index (χ2n) is 9.91. The molecular formula is C26H28ClN7O2S. The van der Waals surface area contributed by atoms with Crippen molar-refractivity contribution < 1.29 is 8.42 Å². The van der Waals surface area contributed by atoms with Gasteiger partial charge in [0.05, 0.1) is 5.25 Å². The lowest BCUT2D eigenvalue weighted by Gasteiger charge is -2.30. The normalized spacial score (nSPS) is 20.2. The van der Waals surface area contributed by atoms with Crippen LogP contribution < -0.4 is 15.8 Å². The van der Waals surface area contributed by atoms with E-state index in [0.29, 0.717) is 16.8 Å². The van der Waals surface area contributed by atoms with E-state index in [1.165, 1.54) is 0 Å². The first kappa shape index (κ1) is 24.1. The lowest BCUT2D eigenvalue weighted by atomic mass is 9.92. The monoisotopic (exact) mass is 537 g/mol. The molecule has 2 aliphatic rings. The fourth-order valence-electron chi connectivity index (χ4n) is 4.97. The van der Waals surface area contributed by atoms with Gasteiger partial charge in [-0.1, -0.05) is 11.6 Å². The number of anilines is 2. The largest absolute Gasteiger partial charge is 0.384 e. The molecule has 37 heavy (non-hydrogen) atoms. The summed E-state index contributed by atoms with van der Waals surface area (Å²) in [6.07, 6.45) is 10.3. The fraction of sp³-hybridized carbons (Fsp3) is 0.346. The molecule has 9 nitrogen and oxygen atoms in total. The van der Waals surface area contributed by atoms with Crippen LogP contribution in [0, 0.1) is 0 Å². The number of aromatic amines is 1. The van der Waals surface area contributed by atoms with Gasteiger partial charge in [0, 0.05) is 52.8 Å². The van der Waals surface area contributed by atoms with Gasteiger partial charge in [0.2, 0.25) is 10.0 Å². The quantitative estimate of drug-likeness (QED) is 0.250. The van der Waals surface area contributed by atoms with Crippen molar-refractivity contribution in [1.29, 1.82) is 0 Å². The molecule has 0 unspecified atom stereocenters. The molecule has 0 amide bonds. The zero-order valence-electron chi connectivity index (χ0n) is 20.1. The van der Waals surface area contributed by atoms with Crippen molar-refractivity contribution in [3.05, 3.63) is 54.1 Å². The maximum Gasteiger partial charge on any atom is 0.214 e. The van der Waals surface area contributed by atoms with Crippen LogP contribution in [-0.4, -0.2) is 45.7 Å². The van der Waals surface area contributed by atoms with Gasteiger partial charge in [-0.25, -0.2) is 28.1 Å². The summed E-state index contributed by atoms with van der Waals surface area (Å²) < 4.78 is 27.4. The zero-order chi connectivity index (χ0) is 25.6. The Balaban J connectivity index is 1.20. The maximum atomic E-state index is 12.3. The molecule has 6 rings (SSSR count). The van der Waals surface area contributed by atoms with Gasteiger partial charge >= 0.3 is 0 Å². The summed E-state index contributed by atoms with van der Waals surface area (Å²) in [7, 11) is -3.16. The molecule has 11 heteroatoms. The van der Waals surface area contributed by atoms with Gasteiger partial charge in [-0.15, -0.1) is 0 Å². The molecule has 4 heterocycles. The van der Waals surface area contributed by atoms with Crippen molar-refractivity contribution in [2.24, 2.45) is 0 Å². The predicted molar refractivity (Wildman–Crippen MR) is 147 cm³/mol. The molecule has 4 aromatic heterocycles. The molecule has 0 aliphatic heterocycles. The molecule has 5 N–H and O–H groups in total. The van der Waals surface area contributed by atoms with E-state index in [9.17, 15) is 8.42 Å². The number of sulfonamides is 1. The van der Waals surface area contributed by atoms with Gasteiger partial charge in [-0.05, 0) is 74.4 Å². The number of fused-ring (bicyclic) bond motifs is 1. The number of H-pyrrole nitrogens is 1. The van der Waals surface area contributed by atoms with Gasteiger partial charge < -0.3 is 16.0 Å². The second kappa shape index (κ2) is 9.59. The van der Waals surface area contributed by atoms with E-state index in [1.807, 2.05) is 30.6 Å². The first-order valence-electron chi connectivity index (χ1n) is 12.5. The zero-order valence-corrected chi connectivity index (χ0v) is 21.7. The Hall–Kier alpha value is -3.21. The highest BCUT2D eigenvalue weighted by Gasteiger charge is 2.37. The first-order valence-corrected chi connectivity index (χ1v) is 14.4. The average molecular weight is 538 g/mol. The average Bonchev–Trinajstić information content (AvgIpc) is 3.66. The van der Waals surface area contributed by atoms with Gasteiger partial charge in [-0.3, -0.25) is 0 Å². The number of hydrogen-bond donors (Lipinski definition) is 4. The Kier molecular flexibility index (Phi) is 6.26. The molecule has 192 valence electrons. The van der Waals surface area contributed by atoms with Crippen LogP contribution in [0.5, 0.6) is 0 Å². The summed E-state index contributed by atoms with van der Waals surface area (Å²) in [6.45, 7) is 0. The van der Waals surface area contributed by atoms with Crippen molar-refractivity contribution in [1.82, 2.24) is 24.7 Å². The van der Waals surface area contributed by atoms with Crippen LogP contribution in [0.25, 0.3) is 33.3 Å². The van der Waals surface area contributed by atoms with E-state index in [4.69, 9.17) is 17.3 Å². The van der Waals surface area contributed by atoms with E-state index in [2.05, 4.69) is 36.0 Å². The summed E-state index contributed by atoms with van der Waals surface area (Å²) in [4.78, 5) is 16.5. The van der Waals surface area contributed by atoms with Crippen molar-refractivity contribution in [3.8, 4) is 22.3 Å². The smallest absolute Gasteiger partial charge is 0.214 e. The molecule has 0 bridgehead atoms. The van der Waals surface area contributed by atoms with Gasteiger partial charge in [-0.2, -0.15) is 0 Å². The second-order valence-corrected chi connectivity index (χ2v) is 12.3. The number of pyridine rings is 3. The Morgan fingerprint density at radius 3 is 2.41 bits per heavy atom. The molecule has 2 saturated carbocycles. The number of nitrogen functional groups attached to an aromatic ring is 1. The van der Waals surface area contributed by atoms with Crippen LogP contribution >= 0.6 is 11.6 Å². The van der Waals surface area contributed by atoms with E-state index in [-0.39, 0.29) is 17.3 Å². The van der Waals surface area contributed by atoms with E-state index in [1.54, 1.807) is 12.3 Å². The van der Waals surface area contributed by atoms with Crippen LogP contribution in [0.3, 0.4) is 0 Å². The predicted octanol–water partition coefficient (Wildman–Crippen LogP) is 4.73. The van der Waals surface area contributed by atoms with E-state index >= 15 is 0 Å². The minimum Gasteiger partial charge on any atom is -0.384 e. The standard InChI is InChI=1S/C26H28ClN7O2S/c27-23-10-16(22-14-31-26-21(22)9-17(13-30-26)15-1-8-24(28)29-12-15)11-25(33-23)32-18-2-4-19(5-3-18)34-37(35,36)20-6-7-20/h1,8-14,18-20,34H,2-7H2,(H2,28,29)(H,30,31)(H,32,33)/t18-,19-. The lowest BCUT2D eigenvalue weighted by Crippen LogP contribution is -2.41. The van der Waals surface area contributed by atoms with Crippen LogP contribution in [-0.2, 0) is 10.0 Å². The molecule has 2 fully saturated rings. The summed E-state index contributed by atoms with van der Waals surface area (Å²) in [5, 5.41) is 4.69. The Morgan fingerprint density at radius 1 is 0.919 bits per heavy atom. The molecule has 0 radical (unpaired) electrons. The number of rotatable bonds is 7. The van der Waals surface area contributed by atoms with Gasteiger partial charge in [0.15, 0.2) is 0 Å². The van der Waals surface area contributed by atoms with Gasteiger partial charge in [0.25, 0.3) is 0 Å². The number of nitrogens with zero attached hydrogens (tertiary/aromatic N) is 3. The molecule has 0 aromatic carbocycles. The molecule has 0 saturated heterocycles. The SMILES string of the molecule is Nc1ccc(-c2cnc3[nH]cc(-c4cc(Cl)nc(N[C@H]5CC[C@H](NS(=O)(=O)C6CC6)CC5)c4)c3c2)cn1. The molecular weight excluding hydrogens is 510 g/mol. The summed E-state index contributed by atoms with van der Waals surface area (Å²) in [5.74, 6) is 1.17. The maximum absolute atomic E-state index is 12.3. The van der Waals surface area contributed by atoms with Crippen LogP contribution in [0.2, 0.25) is 5.15 Å². The molecule has 4 aromatic rings. The summed E-state index contributed by atoms with van der Waals surface area (Å²) in [5.41, 5.74) is 10.3. The third-order valence-corrected chi connectivity index (χ3v) is 9.33. The van der Waals surface area contributed by atoms with Gasteiger partial charge in [0.1, 0.15) is 22.4 Å². The van der Waals surface area contributed by atoms with Crippen LogP contribution in [0.4, 0.5) is 11.6 Å². The number of hydrogen-bond acceptors (Lipinski definition) is 7. The Labute approximate surface area is 220 Å². The van der Waals surface area contributed by atoms with Crippen molar-refractivity contribution in [2.75, 3.05) is 11.1 Å². The molecule has 2 aliphatic carbocycles. The van der Waals surface area contributed by atoms with Crippen molar-refractivity contribution >= 4 is 44.3 Å².